The maximum absolute atomic E-state index is 11.9. The van der Waals surface area contributed by atoms with E-state index < -0.39 is 4.92 Å². The van der Waals surface area contributed by atoms with Gasteiger partial charge in [0.05, 0.1) is 15.4 Å². The number of carbonyl (C=O) groups excluding carboxylic acids is 1. The van der Waals surface area contributed by atoms with Gasteiger partial charge in [0.15, 0.2) is 0 Å². The van der Waals surface area contributed by atoms with E-state index >= 15 is 0 Å². The normalized spacial score (nSPS) is 15.1. The van der Waals surface area contributed by atoms with Gasteiger partial charge in [-0.05, 0) is 36.4 Å². The van der Waals surface area contributed by atoms with Crippen molar-refractivity contribution in [1.82, 2.24) is 5.32 Å². The molecule has 1 heterocycles. The first-order valence-electron chi connectivity index (χ1n) is 7.43. The molecule has 3 rings (SSSR count). The smallest absolute Gasteiger partial charge is 0.277 e. The molecule has 2 aromatic carbocycles. The predicted molar refractivity (Wildman–Crippen MR) is 113 cm³/mol. The van der Waals surface area contributed by atoms with Gasteiger partial charge in [0.2, 0.25) is 0 Å². The number of hydrogen-bond acceptors (Lipinski definition) is 6. The summed E-state index contributed by atoms with van der Waals surface area (Å²) in [6, 6.07) is 9.68. The highest BCUT2D eigenvalue weighted by molar-refractivity contribution is 9.10. The average molecular weight is 486 g/mol. The van der Waals surface area contributed by atoms with Crippen molar-refractivity contribution in [3.05, 3.63) is 72.0 Å². The van der Waals surface area contributed by atoms with Crippen LogP contribution in [0.25, 0.3) is 6.08 Å². The largest absolute Gasteiger partial charge is 0.488 e. The second-order valence-electron chi connectivity index (χ2n) is 5.35. The number of halogens is 2. The van der Waals surface area contributed by atoms with Crippen LogP contribution in [0.1, 0.15) is 11.1 Å². The van der Waals surface area contributed by atoms with Crippen molar-refractivity contribution in [3.63, 3.8) is 0 Å². The van der Waals surface area contributed by atoms with Gasteiger partial charge in [-0.2, -0.15) is 0 Å². The van der Waals surface area contributed by atoms with Gasteiger partial charge >= 0.3 is 0 Å². The summed E-state index contributed by atoms with van der Waals surface area (Å²) in [7, 11) is 0. The lowest BCUT2D eigenvalue weighted by molar-refractivity contribution is -0.385. The van der Waals surface area contributed by atoms with Gasteiger partial charge in [-0.15, -0.1) is 0 Å². The van der Waals surface area contributed by atoms with Crippen LogP contribution in [-0.4, -0.2) is 15.2 Å². The van der Waals surface area contributed by atoms with Crippen LogP contribution in [0, 0.1) is 10.1 Å². The van der Waals surface area contributed by atoms with Crippen molar-refractivity contribution in [3.8, 4) is 5.75 Å². The van der Waals surface area contributed by atoms with E-state index in [1.807, 2.05) is 0 Å². The van der Waals surface area contributed by atoms with Crippen LogP contribution >= 0.6 is 51.5 Å². The lowest BCUT2D eigenvalue weighted by atomic mass is 10.1. The monoisotopic (exact) mass is 484 g/mol. The Morgan fingerprint density at radius 1 is 1.33 bits per heavy atom. The van der Waals surface area contributed by atoms with Crippen LogP contribution in [0.2, 0.25) is 5.02 Å². The number of rotatable bonds is 5. The maximum atomic E-state index is 11.9. The average Bonchev–Trinajstić information content (AvgIpc) is 2.92. The van der Waals surface area contributed by atoms with Gasteiger partial charge in [0, 0.05) is 21.1 Å². The van der Waals surface area contributed by atoms with E-state index in [2.05, 4.69) is 21.2 Å². The van der Waals surface area contributed by atoms with Crippen LogP contribution in [0.5, 0.6) is 5.75 Å². The Morgan fingerprint density at radius 2 is 2.11 bits per heavy atom. The number of nitro groups is 1. The molecular formula is C17H10BrClN2O4S2. The lowest BCUT2D eigenvalue weighted by Gasteiger charge is -2.11. The van der Waals surface area contributed by atoms with Crippen molar-refractivity contribution < 1.29 is 14.5 Å². The molecule has 27 heavy (non-hydrogen) atoms. The predicted octanol–water partition coefficient (Wildman–Crippen LogP) is 5.08. The molecule has 0 saturated carbocycles. The number of carbonyl (C=O) groups is 1. The molecular weight excluding hydrogens is 476 g/mol. The molecule has 10 heteroatoms. The van der Waals surface area contributed by atoms with Gasteiger partial charge in [0.1, 0.15) is 16.7 Å². The zero-order chi connectivity index (χ0) is 19.6. The molecule has 0 radical (unpaired) electrons. The number of benzene rings is 2. The number of thioether (sulfide) groups is 1. The third-order valence-corrected chi connectivity index (χ3v) is 5.42. The second kappa shape index (κ2) is 8.39. The zero-order valence-corrected chi connectivity index (χ0v) is 17.4. The van der Waals surface area contributed by atoms with Crippen molar-refractivity contribution in [1.29, 1.82) is 0 Å². The van der Waals surface area contributed by atoms with E-state index in [1.54, 1.807) is 36.4 Å². The number of thiocarbonyl (C=S) groups is 1. The van der Waals surface area contributed by atoms with Gasteiger partial charge in [0.25, 0.3) is 11.6 Å². The topological polar surface area (TPSA) is 81.5 Å². The molecule has 138 valence electrons. The first kappa shape index (κ1) is 19.8. The van der Waals surface area contributed by atoms with Crippen molar-refractivity contribution >= 4 is 73.5 Å². The fraction of sp³-hybridized carbons (Fsp3) is 0.0588. The fourth-order valence-electron chi connectivity index (χ4n) is 2.31. The van der Waals surface area contributed by atoms with E-state index in [-0.39, 0.29) is 23.2 Å². The van der Waals surface area contributed by atoms with Gasteiger partial charge in [-0.3, -0.25) is 14.9 Å². The molecule has 1 aliphatic rings. The van der Waals surface area contributed by atoms with E-state index in [1.165, 1.54) is 6.07 Å². The van der Waals surface area contributed by atoms with Gasteiger partial charge in [-0.25, -0.2) is 0 Å². The van der Waals surface area contributed by atoms with Gasteiger partial charge in [-0.1, -0.05) is 51.5 Å². The van der Waals surface area contributed by atoms with Crippen LogP contribution < -0.4 is 10.1 Å². The minimum absolute atomic E-state index is 0.0248. The number of nitrogens with one attached hydrogen (secondary N) is 1. The summed E-state index contributed by atoms with van der Waals surface area (Å²) in [6.07, 6.45) is 1.66. The zero-order valence-electron chi connectivity index (χ0n) is 13.4. The summed E-state index contributed by atoms with van der Waals surface area (Å²) in [5, 5.41) is 14.0. The molecule has 0 unspecified atom stereocenters. The molecule has 6 nitrogen and oxygen atoms in total. The molecule has 0 atom stereocenters. The molecule has 0 bridgehead atoms. The van der Waals surface area contributed by atoms with Crippen molar-refractivity contribution in [2.45, 2.75) is 6.61 Å². The Bertz CT molecular complexity index is 997. The van der Waals surface area contributed by atoms with Crippen LogP contribution in [0.3, 0.4) is 0 Å². The van der Waals surface area contributed by atoms with Gasteiger partial charge < -0.3 is 10.1 Å². The maximum Gasteiger partial charge on any atom is 0.277 e. The standard InChI is InChI=1S/C17H10BrClN2O4S2/c18-11-2-4-14(10(5-11)6-15-16(22)20-17(26)27-15)25-8-9-1-3-12(19)7-13(9)21(23)24/h1-7H,8H2,(H,20,22,26)/b15-6+. The molecule has 0 aromatic heterocycles. The summed E-state index contributed by atoms with van der Waals surface area (Å²) in [6.45, 7) is -0.0248. The summed E-state index contributed by atoms with van der Waals surface area (Å²) >= 11 is 15.4. The molecule has 0 aliphatic carbocycles. The lowest BCUT2D eigenvalue weighted by Crippen LogP contribution is -2.17. The SMILES string of the molecule is O=C1NC(=S)S/C1=C/c1cc(Br)ccc1OCc1ccc(Cl)cc1[N+](=O)[O-]. The molecule has 1 N–H and O–H groups in total. The molecule has 2 aromatic rings. The van der Waals surface area contributed by atoms with Crippen LogP contribution in [0.4, 0.5) is 5.69 Å². The van der Waals surface area contributed by atoms with E-state index in [0.29, 0.717) is 26.1 Å². The van der Waals surface area contributed by atoms with E-state index in [0.717, 1.165) is 16.2 Å². The highest BCUT2D eigenvalue weighted by Gasteiger charge is 2.23. The first-order valence-corrected chi connectivity index (χ1v) is 9.83. The Balaban J connectivity index is 1.89. The van der Waals surface area contributed by atoms with Crippen LogP contribution in [-0.2, 0) is 11.4 Å². The third kappa shape index (κ3) is 4.86. The number of nitrogens with zero attached hydrogens (tertiary/aromatic N) is 1. The molecule has 1 aliphatic heterocycles. The quantitative estimate of drug-likeness (QED) is 0.275. The minimum Gasteiger partial charge on any atom is -0.488 e. The fourth-order valence-corrected chi connectivity index (χ4v) is 3.89. The molecule has 0 spiro atoms. The highest BCUT2D eigenvalue weighted by Crippen LogP contribution is 2.32. The summed E-state index contributed by atoms with van der Waals surface area (Å²) in [5.41, 5.74) is 0.916. The first-order chi connectivity index (χ1) is 12.8. The number of nitro benzene ring substituents is 1. The Morgan fingerprint density at radius 3 is 2.78 bits per heavy atom. The van der Waals surface area contributed by atoms with Crippen LogP contribution in [0.15, 0.2) is 45.8 Å². The second-order valence-corrected chi connectivity index (χ2v) is 8.42. The summed E-state index contributed by atoms with van der Waals surface area (Å²) < 4.78 is 6.98. The third-order valence-electron chi connectivity index (χ3n) is 3.53. The Labute approximate surface area is 177 Å². The number of ether oxygens (including phenoxy) is 1. The molecule has 1 amide bonds. The summed E-state index contributed by atoms with van der Waals surface area (Å²) in [4.78, 5) is 23.0. The van der Waals surface area contributed by atoms with E-state index in [9.17, 15) is 14.9 Å². The van der Waals surface area contributed by atoms with E-state index in [4.69, 9.17) is 28.6 Å². The number of hydrogen-bond donors (Lipinski definition) is 1. The Kier molecular flexibility index (Phi) is 6.15. The van der Waals surface area contributed by atoms with Crippen molar-refractivity contribution in [2.75, 3.05) is 0 Å². The Hall–Kier alpha value is -1.94. The highest BCUT2D eigenvalue weighted by atomic mass is 79.9. The molecule has 1 fully saturated rings. The van der Waals surface area contributed by atoms with Crippen molar-refractivity contribution in [2.24, 2.45) is 0 Å². The number of amides is 1. The summed E-state index contributed by atoms with van der Waals surface area (Å²) in [5.74, 6) is 0.199. The molecule has 1 saturated heterocycles. The minimum atomic E-state index is -0.504.